The second-order valence-corrected chi connectivity index (χ2v) is 6.60. The third-order valence-corrected chi connectivity index (χ3v) is 4.44. The molecule has 0 spiro atoms. The molecule has 3 rings (SSSR count). The van der Waals surface area contributed by atoms with E-state index in [1.807, 2.05) is 6.07 Å². The summed E-state index contributed by atoms with van der Waals surface area (Å²) in [5.74, 6) is 2.76. The lowest BCUT2D eigenvalue weighted by atomic mass is 10.3. The van der Waals surface area contributed by atoms with Crippen molar-refractivity contribution >= 4 is 32.7 Å². The van der Waals surface area contributed by atoms with Crippen LogP contribution < -0.4 is 10.0 Å². The van der Waals surface area contributed by atoms with Crippen molar-refractivity contribution < 1.29 is 8.42 Å². The van der Waals surface area contributed by atoms with Crippen molar-refractivity contribution in [3.05, 3.63) is 36.7 Å². The SMILES string of the molecule is C#CCNc1nc2ccccc2nc1NS(=O)(=O)c1cnn(C)c1. The van der Waals surface area contributed by atoms with Gasteiger partial charge >= 0.3 is 0 Å². The number of nitrogens with one attached hydrogen (secondary N) is 2. The van der Waals surface area contributed by atoms with Crippen molar-refractivity contribution in [1.29, 1.82) is 0 Å². The number of hydrogen-bond acceptors (Lipinski definition) is 6. The van der Waals surface area contributed by atoms with Gasteiger partial charge in [0.2, 0.25) is 0 Å². The van der Waals surface area contributed by atoms with Gasteiger partial charge in [-0.25, -0.2) is 18.4 Å². The fraction of sp³-hybridized carbons (Fsp3) is 0.133. The van der Waals surface area contributed by atoms with E-state index in [2.05, 4.69) is 31.0 Å². The lowest BCUT2D eigenvalue weighted by Crippen LogP contribution is -2.16. The van der Waals surface area contributed by atoms with Gasteiger partial charge in [-0.2, -0.15) is 5.10 Å². The Hall–Kier alpha value is -3.12. The minimum absolute atomic E-state index is 0.0304. The Labute approximate surface area is 139 Å². The number of terminal acetylenes is 1. The molecule has 0 unspecified atom stereocenters. The zero-order chi connectivity index (χ0) is 17.2. The number of rotatable bonds is 5. The highest BCUT2D eigenvalue weighted by Gasteiger charge is 2.20. The average molecular weight is 342 g/mol. The first-order chi connectivity index (χ1) is 11.5. The Bertz CT molecular complexity index is 1040. The Morgan fingerprint density at radius 1 is 1.21 bits per heavy atom. The highest BCUT2D eigenvalue weighted by atomic mass is 32.2. The number of nitrogens with zero attached hydrogens (tertiary/aromatic N) is 4. The van der Waals surface area contributed by atoms with Crippen LogP contribution >= 0.6 is 0 Å². The van der Waals surface area contributed by atoms with E-state index < -0.39 is 10.0 Å². The molecular formula is C15H14N6O2S. The second kappa shape index (κ2) is 6.17. The molecule has 0 aliphatic rings. The number of para-hydroxylation sites is 2. The molecule has 0 amide bonds. The topological polar surface area (TPSA) is 102 Å². The van der Waals surface area contributed by atoms with Gasteiger partial charge in [-0.1, -0.05) is 18.1 Å². The van der Waals surface area contributed by atoms with Gasteiger partial charge in [-0.05, 0) is 12.1 Å². The lowest BCUT2D eigenvalue weighted by molar-refractivity contribution is 0.601. The van der Waals surface area contributed by atoms with Gasteiger partial charge in [-0.3, -0.25) is 9.40 Å². The van der Waals surface area contributed by atoms with Crippen molar-refractivity contribution in [1.82, 2.24) is 19.7 Å². The summed E-state index contributed by atoms with van der Waals surface area (Å²) in [4.78, 5) is 8.74. The van der Waals surface area contributed by atoms with Crippen molar-refractivity contribution in [3.63, 3.8) is 0 Å². The molecule has 8 nitrogen and oxygen atoms in total. The molecule has 0 aliphatic heterocycles. The van der Waals surface area contributed by atoms with Crippen molar-refractivity contribution in [2.24, 2.45) is 7.05 Å². The van der Waals surface area contributed by atoms with E-state index in [0.717, 1.165) is 0 Å². The normalized spacial score (nSPS) is 11.2. The quantitative estimate of drug-likeness (QED) is 0.676. The van der Waals surface area contributed by atoms with Crippen LogP contribution in [0.4, 0.5) is 11.6 Å². The summed E-state index contributed by atoms with van der Waals surface area (Å²) in [5.41, 5.74) is 1.19. The summed E-state index contributed by atoms with van der Waals surface area (Å²) in [5, 5.41) is 6.74. The van der Waals surface area contributed by atoms with Crippen LogP contribution in [0.2, 0.25) is 0 Å². The van der Waals surface area contributed by atoms with E-state index in [1.54, 1.807) is 25.2 Å². The van der Waals surface area contributed by atoms with Crippen LogP contribution in [-0.4, -0.2) is 34.7 Å². The average Bonchev–Trinajstić information content (AvgIpc) is 3.00. The number of sulfonamides is 1. The van der Waals surface area contributed by atoms with Crippen LogP contribution in [0.3, 0.4) is 0 Å². The van der Waals surface area contributed by atoms with E-state index in [0.29, 0.717) is 11.0 Å². The summed E-state index contributed by atoms with van der Waals surface area (Å²) in [6.45, 7) is 0.189. The largest absolute Gasteiger partial charge is 0.356 e. The molecule has 122 valence electrons. The van der Waals surface area contributed by atoms with Crippen LogP contribution in [-0.2, 0) is 17.1 Å². The molecule has 0 fully saturated rings. The molecule has 2 N–H and O–H groups in total. The molecule has 2 aromatic heterocycles. The first-order valence-electron chi connectivity index (χ1n) is 6.95. The van der Waals surface area contributed by atoms with Crippen LogP contribution in [0.5, 0.6) is 0 Å². The minimum Gasteiger partial charge on any atom is -0.356 e. The molecule has 2 heterocycles. The Kier molecular flexibility index (Phi) is 4.05. The third-order valence-electron chi connectivity index (χ3n) is 3.15. The lowest BCUT2D eigenvalue weighted by Gasteiger charge is -2.11. The number of hydrogen-bond donors (Lipinski definition) is 2. The van der Waals surface area contributed by atoms with Gasteiger partial charge in [0.15, 0.2) is 11.6 Å². The molecule has 0 bridgehead atoms. The molecule has 9 heteroatoms. The summed E-state index contributed by atoms with van der Waals surface area (Å²) in [7, 11) is -2.20. The smallest absolute Gasteiger partial charge is 0.266 e. The van der Waals surface area contributed by atoms with E-state index in [-0.39, 0.29) is 23.1 Å². The Morgan fingerprint density at radius 2 is 1.88 bits per heavy atom. The Balaban J connectivity index is 2.05. The van der Waals surface area contributed by atoms with Crippen LogP contribution in [0.1, 0.15) is 0 Å². The highest BCUT2D eigenvalue weighted by molar-refractivity contribution is 7.92. The monoisotopic (exact) mass is 342 g/mol. The molecular weight excluding hydrogens is 328 g/mol. The molecule has 0 saturated carbocycles. The number of aryl methyl sites for hydroxylation is 1. The van der Waals surface area contributed by atoms with E-state index >= 15 is 0 Å². The van der Waals surface area contributed by atoms with Gasteiger partial charge in [0, 0.05) is 13.2 Å². The fourth-order valence-electron chi connectivity index (χ4n) is 2.05. The molecule has 0 radical (unpaired) electrons. The standard InChI is InChI=1S/C15H14N6O2S/c1-3-8-16-14-15(19-13-7-5-4-6-12(13)18-14)20-24(22,23)11-9-17-21(2)10-11/h1,4-7,9-10H,8H2,2H3,(H,16,18)(H,19,20). The molecule has 1 aromatic carbocycles. The predicted molar refractivity (Wildman–Crippen MR) is 90.9 cm³/mol. The summed E-state index contributed by atoms with van der Waals surface area (Å²) < 4.78 is 28.8. The van der Waals surface area contributed by atoms with Gasteiger partial charge in [0.1, 0.15) is 4.90 Å². The zero-order valence-corrected chi connectivity index (χ0v) is 13.6. The Morgan fingerprint density at radius 3 is 2.46 bits per heavy atom. The third kappa shape index (κ3) is 3.13. The predicted octanol–water partition coefficient (Wildman–Crippen LogP) is 1.21. The molecule has 24 heavy (non-hydrogen) atoms. The maximum Gasteiger partial charge on any atom is 0.266 e. The summed E-state index contributed by atoms with van der Waals surface area (Å²) in [6, 6.07) is 7.14. The molecule has 0 aliphatic carbocycles. The highest BCUT2D eigenvalue weighted by Crippen LogP contribution is 2.23. The molecule has 3 aromatic rings. The second-order valence-electron chi connectivity index (χ2n) is 4.92. The fourth-order valence-corrected chi connectivity index (χ4v) is 3.04. The summed E-state index contributed by atoms with van der Waals surface area (Å²) >= 11 is 0. The van der Waals surface area contributed by atoms with E-state index in [9.17, 15) is 8.42 Å². The van der Waals surface area contributed by atoms with Gasteiger partial charge in [0.25, 0.3) is 10.0 Å². The van der Waals surface area contributed by atoms with Crippen LogP contribution in [0.15, 0.2) is 41.6 Å². The van der Waals surface area contributed by atoms with Gasteiger partial charge in [-0.15, -0.1) is 6.42 Å². The van der Waals surface area contributed by atoms with E-state index in [4.69, 9.17) is 6.42 Å². The number of fused-ring (bicyclic) bond motifs is 1. The van der Waals surface area contributed by atoms with Crippen molar-refractivity contribution in [2.45, 2.75) is 4.90 Å². The number of aromatic nitrogens is 4. The molecule has 0 saturated heterocycles. The first kappa shape index (κ1) is 15.8. The number of anilines is 2. The van der Waals surface area contributed by atoms with Gasteiger partial charge < -0.3 is 5.32 Å². The summed E-state index contributed by atoms with van der Waals surface area (Å²) in [6.07, 6.45) is 7.90. The maximum atomic E-state index is 12.5. The first-order valence-corrected chi connectivity index (χ1v) is 8.43. The van der Waals surface area contributed by atoms with Crippen molar-refractivity contribution in [2.75, 3.05) is 16.6 Å². The number of benzene rings is 1. The van der Waals surface area contributed by atoms with Crippen LogP contribution in [0, 0.1) is 12.3 Å². The van der Waals surface area contributed by atoms with E-state index in [1.165, 1.54) is 17.1 Å². The maximum absolute atomic E-state index is 12.5. The molecule has 0 atom stereocenters. The van der Waals surface area contributed by atoms with Crippen LogP contribution in [0.25, 0.3) is 11.0 Å². The van der Waals surface area contributed by atoms with Gasteiger partial charge in [0.05, 0.1) is 23.8 Å². The minimum atomic E-state index is -3.84. The zero-order valence-electron chi connectivity index (χ0n) is 12.8. The van der Waals surface area contributed by atoms with Crippen molar-refractivity contribution in [3.8, 4) is 12.3 Å².